The summed E-state index contributed by atoms with van der Waals surface area (Å²) < 4.78 is 0. The molecule has 1 aromatic rings. The first-order valence-electron chi connectivity index (χ1n) is 7.25. The topological polar surface area (TPSA) is 49.6 Å². The minimum atomic E-state index is -0.263. The van der Waals surface area contributed by atoms with E-state index in [0.717, 1.165) is 25.9 Å². The zero-order valence-corrected chi connectivity index (χ0v) is 12.5. The second kappa shape index (κ2) is 6.37. The maximum absolute atomic E-state index is 12.7. The lowest BCUT2D eigenvalue weighted by Gasteiger charge is -2.28. The van der Waals surface area contributed by atoms with Crippen molar-refractivity contribution in [2.45, 2.75) is 19.4 Å². The van der Waals surface area contributed by atoms with Gasteiger partial charge in [-0.05, 0) is 32.5 Å². The van der Waals surface area contributed by atoms with Crippen LogP contribution in [0.2, 0.25) is 0 Å². The van der Waals surface area contributed by atoms with Crippen LogP contribution in [-0.4, -0.2) is 49.4 Å². The molecule has 0 saturated heterocycles. The van der Waals surface area contributed by atoms with E-state index < -0.39 is 0 Å². The molecule has 0 radical (unpaired) electrons. The Bertz CT molecular complexity index is 440. The van der Waals surface area contributed by atoms with Gasteiger partial charge in [0.05, 0.1) is 5.41 Å². The van der Waals surface area contributed by atoms with E-state index in [1.807, 2.05) is 37.2 Å². The van der Waals surface area contributed by atoms with Gasteiger partial charge in [0.15, 0.2) is 0 Å². The molecule has 2 rings (SSSR count). The summed E-state index contributed by atoms with van der Waals surface area (Å²) in [4.78, 5) is 16.8. The average molecular weight is 275 g/mol. The number of benzene rings is 1. The van der Waals surface area contributed by atoms with Gasteiger partial charge in [-0.3, -0.25) is 4.79 Å². The van der Waals surface area contributed by atoms with Gasteiger partial charge in [-0.1, -0.05) is 30.3 Å². The van der Waals surface area contributed by atoms with Crippen LogP contribution in [-0.2, 0) is 11.3 Å². The third-order valence-corrected chi connectivity index (χ3v) is 4.02. The molecule has 0 aromatic heterocycles. The van der Waals surface area contributed by atoms with Gasteiger partial charge in [0.2, 0.25) is 5.91 Å². The van der Waals surface area contributed by atoms with Crippen molar-refractivity contribution in [3.05, 3.63) is 35.9 Å². The van der Waals surface area contributed by atoms with Crippen molar-refractivity contribution in [2.75, 3.05) is 33.7 Å². The maximum atomic E-state index is 12.7. The van der Waals surface area contributed by atoms with Crippen molar-refractivity contribution in [1.29, 1.82) is 0 Å². The van der Waals surface area contributed by atoms with E-state index in [1.54, 1.807) is 0 Å². The number of nitrogens with two attached hydrogens (primary N) is 1. The van der Waals surface area contributed by atoms with Crippen LogP contribution in [0, 0.1) is 5.41 Å². The molecule has 1 aromatic carbocycles. The SMILES string of the molecule is CN(C)CCN(Cc1ccccc1)C(=O)C1(CN)CC1. The van der Waals surface area contributed by atoms with Crippen molar-refractivity contribution < 1.29 is 4.79 Å². The van der Waals surface area contributed by atoms with Gasteiger partial charge in [0.1, 0.15) is 0 Å². The molecule has 2 N–H and O–H groups in total. The summed E-state index contributed by atoms with van der Waals surface area (Å²) in [6.45, 7) is 2.77. The van der Waals surface area contributed by atoms with Gasteiger partial charge in [-0.15, -0.1) is 0 Å². The molecule has 1 aliphatic rings. The molecule has 1 fully saturated rings. The summed E-state index contributed by atoms with van der Waals surface area (Å²) in [6, 6.07) is 10.2. The number of carbonyl (C=O) groups excluding carboxylic acids is 1. The Balaban J connectivity index is 2.06. The van der Waals surface area contributed by atoms with E-state index in [4.69, 9.17) is 5.73 Å². The normalized spacial score (nSPS) is 16.2. The molecule has 0 bridgehead atoms. The van der Waals surface area contributed by atoms with Crippen molar-refractivity contribution in [1.82, 2.24) is 9.80 Å². The predicted molar refractivity (Wildman–Crippen MR) is 81.1 cm³/mol. The second-order valence-electron chi connectivity index (χ2n) is 6.00. The maximum Gasteiger partial charge on any atom is 0.230 e. The number of carbonyl (C=O) groups is 1. The summed E-state index contributed by atoms with van der Waals surface area (Å²) >= 11 is 0. The summed E-state index contributed by atoms with van der Waals surface area (Å²) in [7, 11) is 4.06. The zero-order chi connectivity index (χ0) is 14.6. The molecule has 20 heavy (non-hydrogen) atoms. The molecule has 1 amide bonds. The van der Waals surface area contributed by atoms with E-state index in [0.29, 0.717) is 13.1 Å². The van der Waals surface area contributed by atoms with Crippen LogP contribution in [0.5, 0.6) is 0 Å². The molecule has 110 valence electrons. The van der Waals surface area contributed by atoms with E-state index in [9.17, 15) is 4.79 Å². The zero-order valence-electron chi connectivity index (χ0n) is 12.5. The number of rotatable bonds is 7. The highest BCUT2D eigenvalue weighted by atomic mass is 16.2. The average Bonchev–Trinajstić information content (AvgIpc) is 3.24. The van der Waals surface area contributed by atoms with Crippen LogP contribution in [0.1, 0.15) is 18.4 Å². The lowest BCUT2D eigenvalue weighted by molar-refractivity contribution is -0.137. The van der Waals surface area contributed by atoms with Gasteiger partial charge >= 0.3 is 0 Å². The van der Waals surface area contributed by atoms with Crippen molar-refractivity contribution >= 4 is 5.91 Å². The third-order valence-electron chi connectivity index (χ3n) is 4.02. The molecular formula is C16H25N3O. The van der Waals surface area contributed by atoms with E-state index >= 15 is 0 Å². The molecular weight excluding hydrogens is 250 g/mol. The molecule has 0 aliphatic heterocycles. The molecule has 4 nitrogen and oxygen atoms in total. The largest absolute Gasteiger partial charge is 0.337 e. The number of hydrogen-bond donors (Lipinski definition) is 1. The first-order valence-corrected chi connectivity index (χ1v) is 7.25. The number of likely N-dealkylation sites (N-methyl/N-ethyl adjacent to an activating group) is 1. The van der Waals surface area contributed by atoms with Crippen molar-refractivity contribution in [2.24, 2.45) is 11.1 Å². The van der Waals surface area contributed by atoms with Crippen LogP contribution in [0.25, 0.3) is 0 Å². The standard InChI is InChI=1S/C16H25N3O/c1-18(2)10-11-19(12-14-6-4-3-5-7-14)15(20)16(13-17)8-9-16/h3-7H,8-13,17H2,1-2H3. The van der Waals surface area contributed by atoms with Gasteiger partial charge < -0.3 is 15.5 Å². The summed E-state index contributed by atoms with van der Waals surface area (Å²) in [5.74, 6) is 0.228. The van der Waals surface area contributed by atoms with Gasteiger partial charge in [0.25, 0.3) is 0 Å². The minimum Gasteiger partial charge on any atom is -0.337 e. The molecule has 4 heteroatoms. The molecule has 0 heterocycles. The quantitative estimate of drug-likeness (QED) is 0.816. The highest BCUT2D eigenvalue weighted by Crippen LogP contribution is 2.46. The summed E-state index contributed by atoms with van der Waals surface area (Å²) in [5.41, 5.74) is 6.71. The first kappa shape index (κ1) is 15.0. The van der Waals surface area contributed by atoms with Crippen LogP contribution < -0.4 is 5.73 Å². The Morgan fingerprint density at radius 1 is 1.20 bits per heavy atom. The highest BCUT2D eigenvalue weighted by Gasteiger charge is 2.50. The van der Waals surface area contributed by atoms with Crippen molar-refractivity contribution in [3.8, 4) is 0 Å². The molecule has 0 unspecified atom stereocenters. The van der Waals surface area contributed by atoms with Crippen LogP contribution >= 0.6 is 0 Å². The fraction of sp³-hybridized carbons (Fsp3) is 0.562. The van der Waals surface area contributed by atoms with Crippen LogP contribution in [0.4, 0.5) is 0 Å². The number of hydrogen-bond acceptors (Lipinski definition) is 3. The Hall–Kier alpha value is -1.39. The fourth-order valence-corrected chi connectivity index (χ4v) is 2.37. The van der Waals surface area contributed by atoms with E-state index in [1.165, 1.54) is 5.56 Å². The number of nitrogens with zero attached hydrogens (tertiary/aromatic N) is 2. The molecule has 0 atom stereocenters. The summed E-state index contributed by atoms with van der Waals surface area (Å²) in [5, 5.41) is 0. The second-order valence-corrected chi connectivity index (χ2v) is 6.00. The van der Waals surface area contributed by atoms with Crippen LogP contribution in [0.3, 0.4) is 0 Å². The monoisotopic (exact) mass is 275 g/mol. The Morgan fingerprint density at radius 2 is 1.85 bits per heavy atom. The molecule has 0 spiro atoms. The Labute approximate surface area is 121 Å². The van der Waals surface area contributed by atoms with Crippen LogP contribution in [0.15, 0.2) is 30.3 Å². The minimum absolute atomic E-state index is 0.228. The Kier molecular flexibility index (Phi) is 4.78. The Morgan fingerprint density at radius 3 is 2.35 bits per heavy atom. The van der Waals surface area contributed by atoms with Gasteiger partial charge in [0, 0.05) is 26.2 Å². The lowest BCUT2D eigenvalue weighted by atomic mass is 10.1. The summed E-state index contributed by atoms with van der Waals surface area (Å²) in [6.07, 6.45) is 1.88. The highest BCUT2D eigenvalue weighted by molar-refractivity contribution is 5.85. The lowest BCUT2D eigenvalue weighted by Crippen LogP contribution is -2.43. The molecule has 1 aliphatic carbocycles. The van der Waals surface area contributed by atoms with Gasteiger partial charge in [-0.25, -0.2) is 0 Å². The predicted octanol–water partition coefficient (Wildman–Crippen LogP) is 1.32. The number of amides is 1. The third kappa shape index (κ3) is 3.58. The van der Waals surface area contributed by atoms with E-state index in [2.05, 4.69) is 17.0 Å². The van der Waals surface area contributed by atoms with E-state index in [-0.39, 0.29) is 11.3 Å². The first-order chi connectivity index (χ1) is 9.57. The molecule has 1 saturated carbocycles. The van der Waals surface area contributed by atoms with Gasteiger partial charge in [-0.2, -0.15) is 0 Å². The smallest absolute Gasteiger partial charge is 0.230 e. The fourth-order valence-electron chi connectivity index (χ4n) is 2.37. The van der Waals surface area contributed by atoms with Crippen molar-refractivity contribution in [3.63, 3.8) is 0 Å².